The Morgan fingerprint density at radius 3 is 2.50 bits per heavy atom. The van der Waals surface area contributed by atoms with Gasteiger partial charge in [-0.2, -0.15) is 4.52 Å². The highest BCUT2D eigenvalue weighted by Gasteiger charge is 2.18. The highest BCUT2D eigenvalue weighted by molar-refractivity contribution is 7.18. The standard InChI is InChI=1S/C26H20FN5O5S/c1-33-18-7-21(36-13-14-4-15(6-17(27)5-14)16-10-28-24(34-2)29-11-16)19-9-23(37-22(19)8-18)20-12-30-25-32(20)31-26(35-3)38-25/h4-12H,13H2,1-3H3. The van der Waals surface area contributed by atoms with Gasteiger partial charge in [-0.25, -0.2) is 19.3 Å². The minimum absolute atomic E-state index is 0.102. The third-order valence-corrected chi connectivity index (χ3v) is 6.68. The van der Waals surface area contributed by atoms with Crippen LogP contribution in [0.25, 0.3) is 38.5 Å². The predicted octanol–water partition coefficient (Wildman–Crippen LogP) is 5.40. The summed E-state index contributed by atoms with van der Waals surface area (Å²) in [4.78, 5) is 13.3. The van der Waals surface area contributed by atoms with Crippen molar-refractivity contribution in [3.05, 3.63) is 66.4 Å². The Kier molecular flexibility index (Phi) is 6.00. The minimum Gasteiger partial charge on any atom is -0.496 e. The van der Waals surface area contributed by atoms with E-state index in [1.165, 1.54) is 30.6 Å². The molecule has 0 bridgehead atoms. The molecule has 0 unspecified atom stereocenters. The number of hydrogen-bond acceptors (Lipinski definition) is 10. The van der Waals surface area contributed by atoms with E-state index in [2.05, 4.69) is 20.1 Å². The molecule has 4 heterocycles. The first kappa shape index (κ1) is 23.7. The largest absolute Gasteiger partial charge is 0.496 e. The third-order valence-electron chi connectivity index (χ3n) is 5.80. The van der Waals surface area contributed by atoms with Gasteiger partial charge in [0.1, 0.15) is 35.2 Å². The Labute approximate surface area is 219 Å². The van der Waals surface area contributed by atoms with Crippen LogP contribution in [0.2, 0.25) is 0 Å². The number of hydrogen-bond donors (Lipinski definition) is 0. The molecule has 0 radical (unpaired) electrons. The number of methoxy groups -OCH3 is 3. The molecule has 12 heteroatoms. The Bertz CT molecular complexity index is 1760. The molecule has 0 fully saturated rings. The van der Waals surface area contributed by atoms with Crippen LogP contribution >= 0.6 is 11.3 Å². The quantitative estimate of drug-likeness (QED) is 0.254. The van der Waals surface area contributed by atoms with Gasteiger partial charge in [-0.15, -0.1) is 5.10 Å². The highest BCUT2D eigenvalue weighted by atomic mass is 32.1. The van der Waals surface area contributed by atoms with Crippen LogP contribution in [0.3, 0.4) is 0 Å². The number of fused-ring (bicyclic) bond motifs is 2. The summed E-state index contributed by atoms with van der Waals surface area (Å²) in [6, 6.07) is 10.3. The number of ether oxygens (including phenoxy) is 4. The van der Waals surface area contributed by atoms with Crippen molar-refractivity contribution < 1.29 is 27.8 Å². The van der Waals surface area contributed by atoms with Gasteiger partial charge in [-0.05, 0) is 46.7 Å². The SMILES string of the molecule is COc1cc(OCc2cc(F)cc(-c3cnc(OC)nc3)c2)c2cc(-c3cnc4sc(OC)nn34)oc2c1. The molecule has 10 nitrogen and oxygen atoms in total. The van der Waals surface area contributed by atoms with Crippen LogP contribution in [0, 0.1) is 5.82 Å². The molecule has 0 aliphatic carbocycles. The van der Waals surface area contributed by atoms with Crippen molar-refractivity contribution in [2.75, 3.05) is 21.3 Å². The molecule has 2 aromatic carbocycles. The lowest BCUT2D eigenvalue weighted by atomic mass is 10.1. The fourth-order valence-corrected chi connectivity index (χ4v) is 4.70. The van der Waals surface area contributed by atoms with Gasteiger partial charge in [-0.3, -0.25) is 0 Å². The maximum Gasteiger partial charge on any atom is 0.316 e. The fraction of sp³-hybridized carbons (Fsp3) is 0.154. The second-order valence-corrected chi connectivity index (χ2v) is 9.07. The van der Waals surface area contributed by atoms with Gasteiger partial charge >= 0.3 is 6.01 Å². The molecule has 0 saturated heterocycles. The van der Waals surface area contributed by atoms with Crippen LogP contribution in [-0.4, -0.2) is 45.9 Å². The maximum absolute atomic E-state index is 14.5. The summed E-state index contributed by atoms with van der Waals surface area (Å²) in [6.45, 7) is 0.102. The van der Waals surface area contributed by atoms with Gasteiger partial charge in [0, 0.05) is 30.1 Å². The third kappa shape index (κ3) is 4.34. The summed E-state index contributed by atoms with van der Waals surface area (Å²) < 4.78 is 44.1. The number of aromatic nitrogens is 5. The van der Waals surface area contributed by atoms with Crippen LogP contribution in [0.1, 0.15) is 5.56 Å². The van der Waals surface area contributed by atoms with Crippen molar-refractivity contribution in [2.45, 2.75) is 6.61 Å². The summed E-state index contributed by atoms with van der Waals surface area (Å²) in [5.74, 6) is 1.22. The normalized spacial score (nSPS) is 11.3. The van der Waals surface area contributed by atoms with Gasteiger partial charge in [0.2, 0.25) is 4.96 Å². The molecule has 0 aliphatic rings. The van der Waals surface area contributed by atoms with Crippen molar-refractivity contribution in [3.8, 4) is 45.3 Å². The predicted molar refractivity (Wildman–Crippen MR) is 137 cm³/mol. The molecular formula is C26H20FN5O5S. The van der Waals surface area contributed by atoms with Gasteiger partial charge in [0.05, 0.1) is 32.9 Å². The number of benzene rings is 2. The monoisotopic (exact) mass is 533 g/mol. The van der Waals surface area contributed by atoms with E-state index in [1.807, 2.05) is 12.1 Å². The Hall–Kier alpha value is -4.71. The number of halogens is 1. The molecule has 4 aromatic heterocycles. The lowest BCUT2D eigenvalue weighted by molar-refractivity contribution is 0.307. The summed E-state index contributed by atoms with van der Waals surface area (Å²) in [5.41, 5.74) is 3.12. The van der Waals surface area contributed by atoms with Gasteiger partial charge in [0.15, 0.2) is 5.76 Å². The molecule has 0 N–H and O–H groups in total. The van der Waals surface area contributed by atoms with Gasteiger partial charge < -0.3 is 23.4 Å². The number of rotatable bonds is 8. The lowest BCUT2D eigenvalue weighted by Gasteiger charge is -2.11. The van der Waals surface area contributed by atoms with E-state index in [9.17, 15) is 4.39 Å². The van der Waals surface area contributed by atoms with E-state index >= 15 is 0 Å². The number of furan rings is 1. The van der Waals surface area contributed by atoms with Crippen LogP contribution in [0.4, 0.5) is 4.39 Å². The van der Waals surface area contributed by atoms with E-state index in [0.717, 1.165) is 5.39 Å². The second-order valence-electron chi connectivity index (χ2n) is 8.15. The van der Waals surface area contributed by atoms with Crippen molar-refractivity contribution in [3.63, 3.8) is 0 Å². The van der Waals surface area contributed by atoms with E-state index < -0.39 is 5.82 Å². The maximum atomic E-state index is 14.5. The molecule has 0 spiro atoms. The summed E-state index contributed by atoms with van der Waals surface area (Å²) >= 11 is 1.32. The topological polar surface area (TPSA) is 106 Å². The van der Waals surface area contributed by atoms with Crippen LogP contribution in [-0.2, 0) is 6.61 Å². The van der Waals surface area contributed by atoms with Crippen LogP contribution < -0.4 is 18.9 Å². The molecule has 38 heavy (non-hydrogen) atoms. The second kappa shape index (κ2) is 9.63. The first-order valence-corrected chi connectivity index (χ1v) is 12.2. The van der Waals surface area contributed by atoms with E-state index in [-0.39, 0.29) is 12.6 Å². The molecule has 6 rings (SSSR count). The zero-order valence-corrected chi connectivity index (χ0v) is 21.3. The molecule has 0 aliphatic heterocycles. The van der Waals surface area contributed by atoms with E-state index in [4.69, 9.17) is 23.4 Å². The molecule has 0 saturated carbocycles. The van der Waals surface area contributed by atoms with Gasteiger partial charge in [-0.1, -0.05) is 0 Å². The molecular weight excluding hydrogens is 513 g/mol. The van der Waals surface area contributed by atoms with Crippen LogP contribution in [0.15, 0.2) is 59.4 Å². The Balaban J connectivity index is 1.33. The summed E-state index contributed by atoms with van der Waals surface area (Å²) in [6.07, 6.45) is 4.84. The summed E-state index contributed by atoms with van der Waals surface area (Å²) in [5, 5.41) is 5.62. The minimum atomic E-state index is -0.401. The zero-order valence-electron chi connectivity index (χ0n) is 20.5. The van der Waals surface area contributed by atoms with E-state index in [1.54, 1.807) is 49.5 Å². The van der Waals surface area contributed by atoms with Crippen LogP contribution in [0.5, 0.6) is 22.7 Å². The molecule has 0 amide bonds. The smallest absolute Gasteiger partial charge is 0.316 e. The average Bonchev–Trinajstić information content (AvgIpc) is 3.65. The average molecular weight is 534 g/mol. The first-order valence-electron chi connectivity index (χ1n) is 11.3. The zero-order chi connectivity index (χ0) is 26.2. The van der Waals surface area contributed by atoms with Crippen molar-refractivity contribution in [1.29, 1.82) is 0 Å². The molecule has 192 valence electrons. The van der Waals surface area contributed by atoms with E-state index in [0.29, 0.717) is 55.4 Å². The van der Waals surface area contributed by atoms with Crippen molar-refractivity contribution in [1.82, 2.24) is 24.6 Å². The van der Waals surface area contributed by atoms with Crippen molar-refractivity contribution >= 4 is 27.3 Å². The Morgan fingerprint density at radius 2 is 1.74 bits per heavy atom. The Morgan fingerprint density at radius 1 is 0.895 bits per heavy atom. The molecule has 0 atom stereocenters. The lowest BCUT2D eigenvalue weighted by Crippen LogP contribution is -1.98. The fourth-order valence-electron chi connectivity index (χ4n) is 4.00. The summed E-state index contributed by atoms with van der Waals surface area (Å²) in [7, 11) is 4.60. The highest BCUT2D eigenvalue weighted by Crippen LogP contribution is 2.38. The van der Waals surface area contributed by atoms with Crippen molar-refractivity contribution in [2.24, 2.45) is 0 Å². The number of nitrogens with zero attached hydrogens (tertiary/aromatic N) is 5. The van der Waals surface area contributed by atoms with Gasteiger partial charge in [0.25, 0.3) is 5.19 Å². The molecule has 6 aromatic rings. The first-order chi connectivity index (χ1) is 18.5. The number of imidazole rings is 1.